The summed E-state index contributed by atoms with van der Waals surface area (Å²) in [5.74, 6) is -1.03. The summed E-state index contributed by atoms with van der Waals surface area (Å²) in [5.41, 5.74) is 3.12. The van der Waals surface area contributed by atoms with Crippen LogP contribution in [0.4, 0.5) is 5.69 Å². The van der Waals surface area contributed by atoms with Crippen molar-refractivity contribution in [2.24, 2.45) is 0 Å². The first-order valence-corrected chi connectivity index (χ1v) is 9.00. The van der Waals surface area contributed by atoms with Crippen molar-refractivity contribution in [1.82, 2.24) is 4.98 Å². The molecular formula is C18H15BrN2O3S. The fourth-order valence-electron chi connectivity index (χ4n) is 2.25. The Morgan fingerprint density at radius 2 is 2.04 bits per heavy atom. The van der Waals surface area contributed by atoms with E-state index < -0.39 is 5.97 Å². The molecule has 5 nitrogen and oxygen atoms in total. The van der Waals surface area contributed by atoms with Gasteiger partial charge in [0, 0.05) is 18.6 Å². The second kappa shape index (κ2) is 7.33. The summed E-state index contributed by atoms with van der Waals surface area (Å²) >= 11 is 4.50. The number of anilines is 1. The van der Waals surface area contributed by atoms with Crippen LogP contribution >= 0.6 is 27.7 Å². The fraction of sp³-hybridized carbons (Fsp3) is 0.111. The topological polar surface area (TPSA) is 66.6 Å². The smallest absolute Gasteiger partial charge is 0.342 e. The molecule has 0 spiro atoms. The maximum Gasteiger partial charge on any atom is 0.342 e. The van der Waals surface area contributed by atoms with Crippen LogP contribution in [0.3, 0.4) is 0 Å². The van der Waals surface area contributed by atoms with E-state index in [1.54, 1.807) is 12.1 Å². The van der Waals surface area contributed by atoms with Gasteiger partial charge < -0.3 is 14.4 Å². The molecule has 1 aromatic heterocycles. The molecule has 0 bridgehead atoms. The molecule has 0 aliphatic heterocycles. The molecule has 0 saturated carbocycles. The summed E-state index contributed by atoms with van der Waals surface area (Å²) < 4.78 is 6.48. The highest BCUT2D eigenvalue weighted by Crippen LogP contribution is 2.32. The summed E-state index contributed by atoms with van der Waals surface area (Å²) in [5, 5.41) is 9.81. The van der Waals surface area contributed by atoms with E-state index in [0.29, 0.717) is 16.3 Å². The van der Waals surface area contributed by atoms with E-state index in [4.69, 9.17) is 4.42 Å². The number of carboxylic acid groups (broad SMARTS) is 1. The van der Waals surface area contributed by atoms with Crippen LogP contribution in [0.1, 0.15) is 5.56 Å². The second-order valence-corrected chi connectivity index (χ2v) is 7.32. The first kappa shape index (κ1) is 17.6. The Kier molecular flexibility index (Phi) is 5.15. The largest absolute Gasteiger partial charge is 0.477 e. The zero-order chi connectivity index (χ0) is 18.0. The molecule has 3 aromatic rings. The van der Waals surface area contributed by atoms with E-state index in [-0.39, 0.29) is 4.91 Å². The van der Waals surface area contributed by atoms with Crippen molar-refractivity contribution in [3.63, 3.8) is 0 Å². The van der Waals surface area contributed by atoms with Gasteiger partial charge in [0.1, 0.15) is 10.4 Å². The van der Waals surface area contributed by atoms with Gasteiger partial charge in [-0.05, 0) is 63.6 Å². The van der Waals surface area contributed by atoms with Gasteiger partial charge in [0.15, 0.2) is 5.58 Å². The van der Waals surface area contributed by atoms with Gasteiger partial charge in [-0.15, -0.1) is 0 Å². The van der Waals surface area contributed by atoms with Gasteiger partial charge in [-0.2, -0.15) is 0 Å². The van der Waals surface area contributed by atoms with Gasteiger partial charge in [0.05, 0.1) is 5.69 Å². The lowest BCUT2D eigenvalue weighted by Crippen LogP contribution is -2.09. The number of oxazole rings is 1. The summed E-state index contributed by atoms with van der Waals surface area (Å²) in [6, 6.07) is 13.0. The summed E-state index contributed by atoms with van der Waals surface area (Å²) in [6.45, 7) is 0. The van der Waals surface area contributed by atoms with Crippen molar-refractivity contribution in [1.29, 1.82) is 0 Å². The quantitative estimate of drug-likeness (QED) is 0.470. The van der Waals surface area contributed by atoms with Crippen LogP contribution in [0.2, 0.25) is 0 Å². The third-order valence-corrected chi connectivity index (χ3v) is 4.93. The molecule has 0 aliphatic carbocycles. The van der Waals surface area contributed by atoms with Crippen LogP contribution < -0.4 is 4.90 Å². The minimum Gasteiger partial charge on any atom is -0.477 e. The molecule has 0 radical (unpaired) electrons. The lowest BCUT2D eigenvalue weighted by Gasteiger charge is -2.14. The van der Waals surface area contributed by atoms with Crippen molar-refractivity contribution < 1.29 is 14.3 Å². The summed E-state index contributed by atoms with van der Waals surface area (Å²) in [6.07, 6.45) is 1.60. The SMILES string of the molecule is CN(C)c1ccc(/C=C(\Sc2nc3ccccc3o2)C(=O)O)cc1Br. The minimum absolute atomic E-state index is 0.135. The molecule has 1 heterocycles. The normalized spacial score (nSPS) is 11.7. The van der Waals surface area contributed by atoms with Crippen LogP contribution in [-0.4, -0.2) is 30.2 Å². The molecule has 25 heavy (non-hydrogen) atoms. The van der Waals surface area contributed by atoms with Crippen molar-refractivity contribution >= 4 is 56.5 Å². The maximum atomic E-state index is 11.6. The third-order valence-electron chi connectivity index (χ3n) is 3.43. The zero-order valence-corrected chi connectivity index (χ0v) is 16.0. The number of benzene rings is 2. The molecule has 128 valence electrons. The Morgan fingerprint density at radius 3 is 2.68 bits per heavy atom. The van der Waals surface area contributed by atoms with Crippen molar-refractivity contribution in [3.8, 4) is 0 Å². The monoisotopic (exact) mass is 418 g/mol. The molecule has 1 N–H and O–H groups in total. The van der Waals surface area contributed by atoms with Gasteiger partial charge in [0.25, 0.3) is 5.22 Å². The van der Waals surface area contributed by atoms with E-state index >= 15 is 0 Å². The number of fused-ring (bicyclic) bond motifs is 1. The maximum absolute atomic E-state index is 11.6. The van der Waals surface area contributed by atoms with Gasteiger partial charge in [-0.3, -0.25) is 0 Å². The van der Waals surface area contributed by atoms with E-state index in [1.807, 2.05) is 55.4 Å². The Balaban J connectivity index is 1.91. The summed E-state index contributed by atoms with van der Waals surface area (Å²) in [4.78, 5) is 18.0. The predicted octanol–water partition coefficient (Wildman–Crippen LogP) is 4.87. The number of hydrogen-bond donors (Lipinski definition) is 1. The number of aromatic nitrogens is 1. The first-order valence-electron chi connectivity index (χ1n) is 7.39. The number of rotatable bonds is 5. The number of thioether (sulfide) groups is 1. The van der Waals surface area contributed by atoms with Gasteiger partial charge in [-0.25, -0.2) is 9.78 Å². The first-order chi connectivity index (χ1) is 11.9. The van der Waals surface area contributed by atoms with E-state index in [1.165, 1.54) is 0 Å². The second-order valence-electron chi connectivity index (χ2n) is 5.47. The molecule has 0 fully saturated rings. The Morgan fingerprint density at radius 1 is 1.28 bits per heavy atom. The average Bonchev–Trinajstić information content (AvgIpc) is 2.96. The highest BCUT2D eigenvalue weighted by molar-refractivity contribution is 9.10. The number of carboxylic acids is 1. The standard InChI is InChI=1S/C18H15BrN2O3S/c1-21(2)14-8-7-11(9-12(14)19)10-16(17(22)23)25-18-20-13-5-3-4-6-15(13)24-18/h3-10H,1-2H3,(H,22,23)/b16-10-. The zero-order valence-electron chi connectivity index (χ0n) is 13.6. The van der Waals surface area contributed by atoms with Crippen LogP contribution in [0, 0.1) is 0 Å². The number of hydrogen-bond acceptors (Lipinski definition) is 5. The molecule has 2 aromatic carbocycles. The van der Waals surface area contributed by atoms with E-state index in [2.05, 4.69) is 20.9 Å². The Labute approximate surface area is 157 Å². The third kappa shape index (κ3) is 4.05. The number of para-hydroxylation sites is 2. The number of nitrogens with zero attached hydrogens (tertiary/aromatic N) is 2. The minimum atomic E-state index is -1.03. The predicted molar refractivity (Wildman–Crippen MR) is 104 cm³/mol. The van der Waals surface area contributed by atoms with E-state index in [0.717, 1.165) is 27.5 Å². The van der Waals surface area contributed by atoms with Crippen LogP contribution in [-0.2, 0) is 4.79 Å². The van der Waals surface area contributed by atoms with Gasteiger partial charge in [0.2, 0.25) is 0 Å². The highest BCUT2D eigenvalue weighted by Gasteiger charge is 2.15. The Bertz CT molecular complexity index is 933. The number of carbonyl (C=O) groups is 1. The highest BCUT2D eigenvalue weighted by atomic mass is 79.9. The molecule has 0 aliphatic rings. The molecule has 3 rings (SSSR count). The lowest BCUT2D eigenvalue weighted by atomic mass is 10.2. The van der Waals surface area contributed by atoms with E-state index in [9.17, 15) is 9.90 Å². The van der Waals surface area contributed by atoms with Crippen molar-refractivity contribution in [3.05, 3.63) is 57.4 Å². The molecular weight excluding hydrogens is 404 g/mol. The lowest BCUT2D eigenvalue weighted by molar-refractivity contribution is -0.131. The van der Waals surface area contributed by atoms with Gasteiger partial charge >= 0.3 is 5.97 Å². The van der Waals surface area contributed by atoms with Crippen LogP contribution in [0.15, 0.2) is 61.5 Å². The van der Waals surface area contributed by atoms with Crippen molar-refractivity contribution in [2.45, 2.75) is 5.22 Å². The number of halogens is 1. The van der Waals surface area contributed by atoms with Crippen molar-refractivity contribution in [2.75, 3.05) is 19.0 Å². The average molecular weight is 419 g/mol. The molecule has 0 saturated heterocycles. The molecule has 0 unspecified atom stereocenters. The molecule has 0 atom stereocenters. The van der Waals surface area contributed by atoms with Crippen LogP contribution in [0.5, 0.6) is 0 Å². The summed E-state index contributed by atoms with van der Waals surface area (Å²) in [7, 11) is 3.89. The van der Waals surface area contributed by atoms with Gasteiger partial charge in [-0.1, -0.05) is 18.2 Å². The molecule has 7 heteroatoms. The number of aliphatic carboxylic acids is 1. The Hall–Kier alpha value is -2.25. The fourth-order valence-corrected chi connectivity index (χ4v) is 3.75. The van der Waals surface area contributed by atoms with Crippen LogP contribution in [0.25, 0.3) is 17.2 Å². The molecule has 0 amide bonds.